The summed E-state index contributed by atoms with van der Waals surface area (Å²) < 4.78 is 13.5. The minimum Gasteiger partial charge on any atom is -0.508 e. The summed E-state index contributed by atoms with van der Waals surface area (Å²) >= 11 is 11.6. The van der Waals surface area contributed by atoms with Crippen molar-refractivity contribution in [3.8, 4) is 5.75 Å². The lowest BCUT2D eigenvalue weighted by atomic mass is 10.2. The number of rotatable bonds is 2. The molecule has 2 rings (SSSR count). The van der Waals surface area contributed by atoms with Crippen molar-refractivity contribution in [2.45, 2.75) is 0 Å². The van der Waals surface area contributed by atoms with E-state index in [9.17, 15) is 14.3 Å². The molecule has 0 aromatic heterocycles. The number of carbonyl (C=O) groups is 1. The Hall–Kier alpha value is -1.78. The monoisotopic (exact) mass is 299 g/mol. The molecule has 98 valence electrons. The SMILES string of the molecule is O=C(Nc1cc(Cl)ccc1F)c1cc(O)ccc1Cl. The van der Waals surface area contributed by atoms with Gasteiger partial charge in [0.05, 0.1) is 16.3 Å². The highest BCUT2D eigenvalue weighted by molar-refractivity contribution is 6.34. The summed E-state index contributed by atoms with van der Waals surface area (Å²) in [7, 11) is 0. The van der Waals surface area contributed by atoms with Gasteiger partial charge in [0.25, 0.3) is 5.91 Å². The van der Waals surface area contributed by atoms with Gasteiger partial charge in [0.2, 0.25) is 0 Å². The van der Waals surface area contributed by atoms with Crippen molar-refractivity contribution in [1.82, 2.24) is 0 Å². The predicted octanol–water partition coefficient (Wildman–Crippen LogP) is 4.09. The predicted molar refractivity (Wildman–Crippen MR) is 72.5 cm³/mol. The van der Waals surface area contributed by atoms with Crippen LogP contribution in [0.25, 0.3) is 0 Å². The molecule has 0 fully saturated rings. The minimum atomic E-state index is -0.637. The van der Waals surface area contributed by atoms with E-state index in [0.29, 0.717) is 5.02 Å². The fourth-order valence-corrected chi connectivity index (χ4v) is 1.85. The lowest BCUT2D eigenvalue weighted by Crippen LogP contribution is -2.13. The zero-order valence-electron chi connectivity index (χ0n) is 9.45. The number of nitrogens with one attached hydrogen (secondary N) is 1. The van der Waals surface area contributed by atoms with Gasteiger partial charge in [0.15, 0.2) is 0 Å². The van der Waals surface area contributed by atoms with Crippen LogP contribution in [0.2, 0.25) is 10.0 Å². The standard InChI is InChI=1S/C13H8Cl2FNO2/c14-7-1-4-11(16)12(5-7)17-13(19)9-6-8(18)2-3-10(9)15/h1-6,18H,(H,17,19). The van der Waals surface area contributed by atoms with Crippen LogP contribution in [0.4, 0.5) is 10.1 Å². The second-order valence-corrected chi connectivity index (χ2v) is 4.59. The molecule has 0 aliphatic rings. The average Bonchev–Trinajstić information content (AvgIpc) is 2.36. The fourth-order valence-electron chi connectivity index (χ4n) is 1.47. The second-order valence-electron chi connectivity index (χ2n) is 3.74. The maximum absolute atomic E-state index is 13.5. The molecule has 0 spiro atoms. The Morgan fingerprint density at radius 1 is 1.16 bits per heavy atom. The third-order valence-corrected chi connectivity index (χ3v) is 2.94. The van der Waals surface area contributed by atoms with Crippen molar-refractivity contribution in [1.29, 1.82) is 0 Å². The van der Waals surface area contributed by atoms with Gasteiger partial charge in [-0.2, -0.15) is 0 Å². The molecule has 0 bridgehead atoms. The van der Waals surface area contributed by atoms with Gasteiger partial charge in [0, 0.05) is 5.02 Å². The summed E-state index contributed by atoms with van der Waals surface area (Å²) in [5.74, 6) is -1.36. The Kier molecular flexibility index (Phi) is 3.93. The van der Waals surface area contributed by atoms with Crippen molar-refractivity contribution in [2.75, 3.05) is 5.32 Å². The van der Waals surface area contributed by atoms with Crippen molar-refractivity contribution < 1.29 is 14.3 Å². The molecule has 0 saturated heterocycles. The van der Waals surface area contributed by atoms with Crippen LogP contribution in [-0.2, 0) is 0 Å². The largest absolute Gasteiger partial charge is 0.508 e. The zero-order chi connectivity index (χ0) is 14.0. The van der Waals surface area contributed by atoms with Gasteiger partial charge in [-0.3, -0.25) is 4.79 Å². The number of phenols is 1. The maximum atomic E-state index is 13.5. The molecular weight excluding hydrogens is 292 g/mol. The van der Waals surface area contributed by atoms with Crippen LogP contribution in [-0.4, -0.2) is 11.0 Å². The normalized spacial score (nSPS) is 10.3. The van der Waals surface area contributed by atoms with E-state index in [-0.39, 0.29) is 22.0 Å². The number of amides is 1. The van der Waals surface area contributed by atoms with E-state index in [1.807, 2.05) is 0 Å². The minimum absolute atomic E-state index is 0.0426. The Morgan fingerprint density at radius 2 is 1.89 bits per heavy atom. The molecular formula is C13H8Cl2FNO2. The Bertz CT molecular complexity index is 647. The van der Waals surface area contributed by atoms with Gasteiger partial charge < -0.3 is 10.4 Å². The van der Waals surface area contributed by atoms with Gasteiger partial charge in [-0.15, -0.1) is 0 Å². The highest BCUT2D eigenvalue weighted by Gasteiger charge is 2.13. The molecule has 0 aliphatic carbocycles. The van der Waals surface area contributed by atoms with E-state index < -0.39 is 11.7 Å². The number of hydrogen-bond acceptors (Lipinski definition) is 2. The van der Waals surface area contributed by atoms with Crippen LogP contribution >= 0.6 is 23.2 Å². The molecule has 2 aromatic rings. The number of halogens is 3. The van der Waals surface area contributed by atoms with E-state index in [1.165, 1.54) is 30.3 Å². The summed E-state index contributed by atoms with van der Waals surface area (Å²) in [6, 6.07) is 7.71. The van der Waals surface area contributed by atoms with Crippen molar-refractivity contribution >= 4 is 34.8 Å². The van der Waals surface area contributed by atoms with Crippen LogP contribution in [0.5, 0.6) is 5.75 Å². The Balaban J connectivity index is 2.30. The highest BCUT2D eigenvalue weighted by atomic mass is 35.5. The Labute approximate surface area is 118 Å². The van der Waals surface area contributed by atoms with Crippen molar-refractivity contribution in [2.24, 2.45) is 0 Å². The first-order valence-corrected chi connectivity index (χ1v) is 5.98. The van der Waals surface area contributed by atoms with Gasteiger partial charge in [-0.25, -0.2) is 4.39 Å². The lowest BCUT2D eigenvalue weighted by Gasteiger charge is -2.08. The summed E-state index contributed by atoms with van der Waals surface area (Å²) in [6.45, 7) is 0. The fraction of sp³-hybridized carbons (Fsp3) is 0. The van der Waals surface area contributed by atoms with Gasteiger partial charge in [0.1, 0.15) is 11.6 Å². The second kappa shape index (κ2) is 5.47. The first-order valence-electron chi connectivity index (χ1n) is 5.22. The van der Waals surface area contributed by atoms with Crippen LogP contribution in [0.3, 0.4) is 0 Å². The quantitative estimate of drug-likeness (QED) is 0.877. The number of hydrogen-bond donors (Lipinski definition) is 2. The van der Waals surface area contributed by atoms with Crippen molar-refractivity contribution in [3.05, 3.63) is 57.8 Å². The molecule has 0 radical (unpaired) electrons. The lowest BCUT2D eigenvalue weighted by molar-refractivity contribution is 0.102. The molecule has 6 heteroatoms. The molecule has 0 atom stereocenters. The molecule has 0 unspecified atom stereocenters. The maximum Gasteiger partial charge on any atom is 0.257 e. The summed E-state index contributed by atoms with van der Waals surface area (Å²) in [5.41, 5.74) is -0.0158. The van der Waals surface area contributed by atoms with E-state index in [2.05, 4.69) is 5.32 Å². The highest BCUT2D eigenvalue weighted by Crippen LogP contribution is 2.24. The van der Waals surface area contributed by atoms with E-state index in [4.69, 9.17) is 23.2 Å². The first kappa shape index (κ1) is 13.6. The van der Waals surface area contributed by atoms with Crippen LogP contribution in [0, 0.1) is 5.82 Å². The number of phenolic OH excluding ortho intramolecular Hbond substituents is 1. The molecule has 0 heterocycles. The van der Waals surface area contributed by atoms with Crippen LogP contribution in [0.1, 0.15) is 10.4 Å². The number of aromatic hydroxyl groups is 1. The van der Waals surface area contributed by atoms with E-state index in [1.54, 1.807) is 0 Å². The first-order chi connectivity index (χ1) is 8.97. The molecule has 2 N–H and O–H groups in total. The number of carbonyl (C=O) groups excluding carboxylic acids is 1. The topological polar surface area (TPSA) is 49.3 Å². The molecule has 0 saturated carbocycles. The molecule has 19 heavy (non-hydrogen) atoms. The average molecular weight is 300 g/mol. The molecule has 3 nitrogen and oxygen atoms in total. The number of anilines is 1. The van der Waals surface area contributed by atoms with E-state index >= 15 is 0 Å². The Morgan fingerprint density at radius 3 is 2.63 bits per heavy atom. The molecule has 1 amide bonds. The van der Waals surface area contributed by atoms with Gasteiger partial charge in [-0.05, 0) is 36.4 Å². The molecule has 0 aliphatic heterocycles. The third-order valence-electron chi connectivity index (χ3n) is 2.37. The number of benzene rings is 2. The van der Waals surface area contributed by atoms with Gasteiger partial charge >= 0.3 is 0 Å². The van der Waals surface area contributed by atoms with Gasteiger partial charge in [-0.1, -0.05) is 23.2 Å². The smallest absolute Gasteiger partial charge is 0.257 e. The molecule has 2 aromatic carbocycles. The van der Waals surface area contributed by atoms with Crippen LogP contribution in [0.15, 0.2) is 36.4 Å². The van der Waals surface area contributed by atoms with E-state index in [0.717, 1.165) is 6.07 Å². The zero-order valence-corrected chi connectivity index (χ0v) is 11.0. The van der Waals surface area contributed by atoms with Crippen LogP contribution < -0.4 is 5.32 Å². The van der Waals surface area contributed by atoms with Crippen molar-refractivity contribution in [3.63, 3.8) is 0 Å². The summed E-state index contributed by atoms with van der Waals surface area (Å²) in [5, 5.41) is 12.1. The summed E-state index contributed by atoms with van der Waals surface area (Å²) in [4.78, 5) is 11.9. The third kappa shape index (κ3) is 3.16. The summed E-state index contributed by atoms with van der Waals surface area (Å²) in [6.07, 6.45) is 0.